The molecule has 1 N–H and O–H groups in total. The highest BCUT2D eigenvalue weighted by Crippen LogP contribution is 2.20. The van der Waals surface area contributed by atoms with E-state index in [1.807, 2.05) is 20.8 Å². The zero-order valence-corrected chi connectivity index (χ0v) is 15.9. The minimum absolute atomic E-state index is 0.324. The molecule has 0 heterocycles. The lowest BCUT2D eigenvalue weighted by Crippen LogP contribution is -2.33. The lowest BCUT2D eigenvalue weighted by Gasteiger charge is -2.21. The summed E-state index contributed by atoms with van der Waals surface area (Å²) in [6.07, 6.45) is -0.0580. The topological polar surface area (TPSA) is 64.6 Å². The molecule has 6 heteroatoms. The number of halogens is 1. The summed E-state index contributed by atoms with van der Waals surface area (Å²) in [6.45, 7) is 11.1. The van der Waals surface area contributed by atoms with Gasteiger partial charge in [0.05, 0.1) is 5.56 Å². The van der Waals surface area contributed by atoms with Crippen molar-refractivity contribution in [2.75, 3.05) is 6.54 Å². The Morgan fingerprint density at radius 1 is 1.04 bits per heavy atom. The number of amides is 1. The average Bonchev–Trinajstić information content (AvgIpc) is 2.34. The van der Waals surface area contributed by atoms with E-state index in [-0.39, 0.29) is 0 Å². The van der Waals surface area contributed by atoms with Gasteiger partial charge in [-0.15, -0.1) is 0 Å². The summed E-state index contributed by atoms with van der Waals surface area (Å²) < 4.78 is 10.6. The highest BCUT2D eigenvalue weighted by atomic mass is 35.5. The summed E-state index contributed by atoms with van der Waals surface area (Å²) in [6, 6.07) is 4.99. The summed E-state index contributed by atoms with van der Waals surface area (Å²) in [5, 5.41) is 3.19. The number of esters is 1. The first kappa shape index (κ1) is 20.3. The molecule has 0 aliphatic carbocycles. The number of rotatable bonds is 4. The molecule has 0 aromatic heterocycles. The summed E-state index contributed by atoms with van der Waals surface area (Å²) in [5.41, 5.74) is 0.0259. The number of ether oxygens (including phenoxy) is 2. The molecule has 0 saturated carbocycles. The molecular weight excluding hydrogens is 330 g/mol. The van der Waals surface area contributed by atoms with Gasteiger partial charge in [0.15, 0.2) is 0 Å². The first-order valence-corrected chi connectivity index (χ1v) is 8.24. The Hall–Kier alpha value is -1.75. The van der Waals surface area contributed by atoms with Crippen molar-refractivity contribution in [1.82, 2.24) is 5.32 Å². The van der Waals surface area contributed by atoms with Crippen LogP contribution in [0.15, 0.2) is 18.2 Å². The molecule has 0 aliphatic rings. The van der Waals surface area contributed by atoms with Gasteiger partial charge in [0.1, 0.15) is 11.2 Å². The Bertz CT molecular complexity index is 600. The van der Waals surface area contributed by atoms with Gasteiger partial charge in [-0.1, -0.05) is 11.6 Å². The average molecular weight is 356 g/mol. The van der Waals surface area contributed by atoms with Crippen LogP contribution in [0.2, 0.25) is 5.02 Å². The van der Waals surface area contributed by atoms with Crippen molar-refractivity contribution in [3.05, 3.63) is 34.3 Å². The molecule has 1 aromatic carbocycles. The molecule has 0 bridgehead atoms. The maximum atomic E-state index is 12.3. The third-order valence-corrected chi connectivity index (χ3v) is 2.98. The monoisotopic (exact) mass is 355 g/mol. The van der Waals surface area contributed by atoms with Gasteiger partial charge in [0, 0.05) is 11.6 Å². The minimum Gasteiger partial charge on any atom is -0.456 e. The van der Waals surface area contributed by atoms with E-state index in [1.54, 1.807) is 39.0 Å². The molecular formula is C18H26ClNO4. The molecule has 1 amide bonds. The Labute approximate surface area is 148 Å². The number of benzene rings is 1. The smallest absolute Gasteiger partial charge is 0.407 e. The molecule has 0 radical (unpaired) electrons. The molecule has 0 aliphatic heterocycles. The van der Waals surface area contributed by atoms with E-state index in [4.69, 9.17) is 21.1 Å². The predicted molar refractivity (Wildman–Crippen MR) is 94.6 cm³/mol. The van der Waals surface area contributed by atoms with Crippen LogP contribution in [0.5, 0.6) is 0 Å². The predicted octanol–water partition coefficient (Wildman–Crippen LogP) is 4.36. The van der Waals surface area contributed by atoms with Crippen LogP contribution in [0.4, 0.5) is 4.79 Å². The maximum absolute atomic E-state index is 12.3. The maximum Gasteiger partial charge on any atom is 0.407 e. The van der Waals surface area contributed by atoms with Crippen molar-refractivity contribution in [2.24, 2.45) is 0 Å². The Morgan fingerprint density at radius 3 is 2.17 bits per heavy atom. The minimum atomic E-state index is -0.581. The second-order valence-electron chi connectivity index (χ2n) is 7.48. The fourth-order valence-corrected chi connectivity index (χ4v) is 2.11. The van der Waals surface area contributed by atoms with Crippen LogP contribution in [0.3, 0.4) is 0 Å². The third kappa shape index (κ3) is 7.68. The standard InChI is InChI=1S/C18H26ClNO4/c1-17(2,3)23-15(21)14-8-7-13(19)11-12(14)9-10-20-16(22)24-18(4,5)6/h7-8,11H,9-10H2,1-6H3,(H,20,22). The molecule has 0 saturated heterocycles. The van der Waals surface area contributed by atoms with Gasteiger partial charge in [0.2, 0.25) is 0 Å². The zero-order valence-electron chi connectivity index (χ0n) is 15.2. The number of carbonyl (C=O) groups excluding carboxylic acids is 2. The number of carbonyl (C=O) groups is 2. The van der Waals surface area contributed by atoms with E-state index in [1.165, 1.54) is 0 Å². The van der Waals surface area contributed by atoms with E-state index in [0.717, 1.165) is 0 Å². The first-order valence-electron chi connectivity index (χ1n) is 7.86. The van der Waals surface area contributed by atoms with Gasteiger partial charge in [-0.25, -0.2) is 9.59 Å². The molecule has 0 fully saturated rings. The van der Waals surface area contributed by atoms with Gasteiger partial charge in [-0.3, -0.25) is 0 Å². The SMILES string of the molecule is CC(C)(C)OC(=O)NCCc1cc(Cl)ccc1C(=O)OC(C)(C)C. The van der Waals surface area contributed by atoms with Crippen molar-refractivity contribution in [2.45, 2.75) is 59.2 Å². The molecule has 0 atom stereocenters. The Kier molecular flexibility index (Phi) is 6.67. The Morgan fingerprint density at radius 2 is 1.62 bits per heavy atom. The zero-order chi connectivity index (χ0) is 18.5. The molecule has 0 spiro atoms. The summed E-state index contributed by atoms with van der Waals surface area (Å²) in [5.74, 6) is -0.411. The second kappa shape index (κ2) is 7.88. The van der Waals surface area contributed by atoms with Gasteiger partial charge >= 0.3 is 12.1 Å². The van der Waals surface area contributed by atoms with Crippen LogP contribution in [0.1, 0.15) is 57.5 Å². The van der Waals surface area contributed by atoms with Crippen LogP contribution in [0.25, 0.3) is 0 Å². The highest BCUT2D eigenvalue weighted by Gasteiger charge is 2.21. The van der Waals surface area contributed by atoms with E-state index < -0.39 is 23.3 Å². The molecule has 24 heavy (non-hydrogen) atoms. The molecule has 5 nitrogen and oxygen atoms in total. The number of nitrogens with one attached hydrogen (secondary N) is 1. The van der Waals surface area contributed by atoms with Crippen molar-refractivity contribution in [3.63, 3.8) is 0 Å². The van der Waals surface area contributed by atoms with E-state index in [2.05, 4.69) is 5.32 Å². The lowest BCUT2D eigenvalue weighted by molar-refractivity contribution is 0.00683. The fourth-order valence-electron chi connectivity index (χ4n) is 1.91. The van der Waals surface area contributed by atoms with Crippen LogP contribution < -0.4 is 5.32 Å². The number of hydrogen-bond donors (Lipinski definition) is 1. The number of alkyl carbamates (subject to hydrolysis) is 1. The molecule has 134 valence electrons. The van der Waals surface area contributed by atoms with E-state index in [0.29, 0.717) is 29.1 Å². The van der Waals surface area contributed by atoms with Gasteiger partial charge in [-0.2, -0.15) is 0 Å². The lowest BCUT2D eigenvalue weighted by atomic mass is 10.0. The van der Waals surface area contributed by atoms with Crippen LogP contribution in [0, 0.1) is 0 Å². The van der Waals surface area contributed by atoms with Crippen molar-refractivity contribution >= 4 is 23.7 Å². The molecule has 1 aromatic rings. The molecule has 1 rings (SSSR count). The summed E-state index contributed by atoms with van der Waals surface area (Å²) in [4.78, 5) is 24.0. The second-order valence-corrected chi connectivity index (χ2v) is 7.92. The van der Waals surface area contributed by atoms with E-state index in [9.17, 15) is 9.59 Å². The van der Waals surface area contributed by atoms with Gasteiger partial charge < -0.3 is 14.8 Å². The summed E-state index contributed by atoms with van der Waals surface area (Å²) >= 11 is 6.02. The first-order chi connectivity index (χ1) is 10.9. The van der Waals surface area contributed by atoms with Crippen LogP contribution in [-0.2, 0) is 15.9 Å². The highest BCUT2D eigenvalue weighted by molar-refractivity contribution is 6.30. The fraction of sp³-hybridized carbons (Fsp3) is 0.556. The van der Waals surface area contributed by atoms with Gasteiger partial charge in [0.25, 0.3) is 0 Å². The van der Waals surface area contributed by atoms with Crippen molar-refractivity contribution in [3.8, 4) is 0 Å². The quantitative estimate of drug-likeness (QED) is 0.815. The van der Waals surface area contributed by atoms with Crippen molar-refractivity contribution in [1.29, 1.82) is 0 Å². The number of hydrogen-bond acceptors (Lipinski definition) is 4. The van der Waals surface area contributed by atoms with E-state index >= 15 is 0 Å². The largest absolute Gasteiger partial charge is 0.456 e. The molecule has 0 unspecified atom stereocenters. The Balaban J connectivity index is 2.75. The van der Waals surface area contributed by atoms with Crippen LogP contribution in [-0.4, -0.2) is 29.8 Å². The van der Waals surface area contributed by atoms with Crippen molar-refractivity contribution < 1.29 is 19.1 Å². The van der Waals surface area contributed by atoms with Crippen LogP contribution >= 0.6 is 11.6 Å². The van der Waals surface area contributed by atoms with Gasteiger partial charge in [-0.05, 0) is 71.7 Å². The third-order valence-electron chi connectivity index (χ3n) is 2.75. The normalized spacial score (nSPS) is 11.8. The summed E-state index contributed by atoms with van der Waals surface area (Å²) in [7, 11) is 0.